The number of carbonyl (C=O) groups is 1. The summed E-state index contributed by atoms with van der Waals surface area (Å²) in [6.07, 6.45) is 1.76. The Hall–Kier alpha value is -3.13. The Morgan fingerprint density at radius 1 is 1.13 bits per heavy atom. The van der Waals surface area contributed by atoms with Gasteiger partial charge in [-0.15, -0.1) is 5.10 Å². The maximum Gasteiger partial charge on any atom is 0.305 e. The first-order valence-electron chi connectivity index (χ1n) is 10.0. The Kier molecular flexibility index (Phi) is 7.24. The number of aromatic nitrogens is 4. The van der Waals surface area contributed by atoms with Gasteiger partial charge in [0.2, 0.25) is 0 Å². The number of carboxylic acid groups (broad SMARTS) is 1. The van der Waals surface area contributed by atoms with Crippen molar-refractivity contribution in [2.24, 2.45) is 0 Å². The predicted molar refractivity (Wildman–Crippen MR) is 110 cm³/mol. The van der Waals surface area contributed by atoms with Crippen LogP contribution in [0.25, 0.3) is 0 Å². The summed E-state index contributed by atoms with van der Waals surface area (Å²) in [6.45, 7) is 4.77. The number of hydrogen-bond donors (Lipinski definition) is 2. The molecule has 3 aromatic rings. The molecule has 30 heavy (non-hydrogen) atoms. The number of aliphatic carboxylic acids is 1. The lowest BCUT2D eigenvalue weighted by Crippen LogP contribution is -2.31. The number of nitrogens with one attached hydrogen (secondary N) is 1. The van der Waals surface area contributed by atoms with Crippen LogP contribution in [0.1, 0.15) is 60.8 Å². The first-order chi connectivity index (χ1) is 14.5. The van der Waals surface area contributed by atoms with E-state index >= 15 is 0 Å². The van der Waals surface area contributed by atoms with E-state index in [4.69, 9.17) is 0 Å². The van der Waals surface area contributed by atoms with Crippen LogP contribution in [-0.4, -0.2) is 31.3 Å². The van der Waals surface area contributed by atoms with Crippen LogP contribution in [0, 0.1) is 12.7 Å². The first-order valence-corrected chi connectivity index (χ1v) is 10.0. The van der Waals surface area contributed by atoms with Crippen LogP contribution < -0.4 is 5.32 Å². The van der Waals surface area contributed by atoms with Crippen LogP contribution in [0.5, 0.6) is 0 Å². The molecule has 0 bridgehead atoms. The molecule has 2 N–H and O–H groups in total. The fourth-order valence-corrected chi connectivity index (χ4v) is 3.31. The molecular formula is C22H26FN5O2. The number of tetrazole rings is 1. The smallest absolute Gasteiger partial charge is 0.305 e. The zero-order valence-corrected chi connectivity index (χ0v) is 17.1. The van der Waals surface area contributed by atoms with Crippen molar-refractivity contribution in [2.45, 2.75) is 51.7 Å². The van der Waals surface area contributed by atoms with E-state index in [2.05, 4.69) is 27.8 Å². The summed E-state index contributed by atoms with van der Waals surface area (Å²) < 4.78 is 15.2. The summed E-state index contributed by atoms with van der Waals surface area (Å²) in [7, 11) is 0. The number of benzene rings is 2. The van der Waals surface area contributed by atoms with Crippen molar-refractivity contribution in [1.82, 2.24) is 25.5 Å². The molecular weight excluding hydrogens is 385 g/mol. The van der Waals surface area contributed by atoms with Gasteiger partial charge in [0.05, 0.1) is 12.5 Å². The number of hydrogen-bond acceptors (Lipinski definition) is 5. The predicted octanol–water partition coefficient (Wildman–Crippen LogP) is 3.82. The third kappa shape index (κ3) is 5.48. The summed E-state index contributed by atoms with van der Waals surface area (Å²) in [4.78, 5) is 11.5. The molecule has 3 rings (SSSR count). The lowest BCUT2D eigenvalue weighted by atomic mass is 9.98. The van der Waals surface area contributed by atoms with Crippen molar-refractivity contribution in [3.63, 3.8) is 0 Å². The third-order valence-electron chi connectivity index (χ3n) is 4.97. The minimum atomic E-state index is -0.954. The number of nitrogens with zero attached hydrogens (tertiary/aromatic N) is 4. The number of rotatable bonds is 10. The highest BCUT2D eigenvalue weighted by Gasteiger charge is 2.26. The van der Waals surface area contributed by atoms with E-state index in [9.17, 15) is 14.3 Å². The highest BCUT2D eigenvalue weighted by Crippen LogP contribution is 2.27. The Morgan fingerprint density at radius 3 is 2.43 bits per heavy atom. The molecule has 2 aromatic carbocycles. The topological polar surface area (TPSA) is 92.9 Å². The van der Waals surface area contributed by atoms with E-state index < -0.39 is 18.1 Å². The number of carboxylic acids is 1. The Labute approximate surface area is 174 Å². The van der Waals surface area contributed by atoms with E-state index in [-0.39, 0.29) is 12.2 Å². The Morgan fingerprint density at radius 2 is 1.80 bits per heavy atom. The molecule has 0 amide bonds. The van der Waals surface area contributed by atoms with Gasteiger partial charge in [0.1, 0.15) is 5.82 Å². The van der Waals surface area contributed by atoms with E-state index in [0.717, 1.165) is 24.0 Å². The summed E-state index contributed by atoms with van der Waals surface area (Å²) in [6, 6.07) is 12.8. The van der Waals surface area contributed by atoms with Crippen molar-refractivity contribution in [1.29, 1.82) is 0 Å². The SMILES string of the molecule is CCCCn1nnnc1C(NC(CC(=O)O)c1ccc(F)cc1)c1ccc(C)cc1. The van der Waals surface area contributed by atoms with E-state index in [1.807, 2.05) is 31.2 Å². The van der Waals surface area contributed by atoms with Crippen LogP contribution in [-0.2, 0) is 11.3 Å². The molecule has 0 spiro atoms. The van der Waals surface area contributed by atoms with Crippen LogP contribution >= 0.6 is 0 Å². The molecule has 1 aromatic heterocycles. The van der Waals surface area contributed by atoms with Crippen molar-refractivity contribution >= 4 is 5.97 Å². The van der Waals surface area contributed by atoms with Crippen LogP contribution in [0.2, 0.25) is 0 Å². The molecule has 8 heteroatoms. The quantitative estimate of drug-likeness (QED) is 0.527. The second-order valence-corrected chi connectivity index (χ2v) is 7.33. The van der Waals surface area contributed by atoms with Crippen molar-refractivity contribution < 1.29 is 14.3 Å². The van der Waals surface area contributed by atoms with E-state index in [1.165, 1.54) is 12.1 Å². The monoisotopic (exact) mass is 411 g/mol. The lowest BCUT2D eigenvalue weighted by Gasteiger charge is -2.25. The number of unbranched alkanes of at least 4 members (excludes halogenated alkanes) is 1. The van der Waals surface area contributed by atoms with Gasteiger partial charge in [-0.25, -0.2) is 9.07 Å². The fraction of sp³-hybridized carbons (Fsp3) is 0.364. The summed E-state index contributed by atoms with van der Waals surface area (Å²) in [5.41, 5.74) is 2.72. The fourth-order valence-electron chi connectivity index (χ4n) is 3.31. The second-order valence-electron chi connectivity index (χ2n) is 7.33. The molecule has 0 saturated carbocycles. The van der Waals surface area contributed by atoms with Gasteiger partial charge >= 0.3 is 5.97 Å². The first kappa shape index (κ1) is 21.6. The van der Waals surface area contributed by atoms with Crippen LogP contribution in [0.4, 0.5) is 4.39 Å². The molecule has 0 aliphatic carbocycles. The largest absolute Gasteiger partial charge is 0.481 e. The molecule has 2 atom stereocenters. The van der Waals surface area contributed by atoms with Gasteiger partial charge in [-0.2, -0.15) is 0 Å². The zero-order chi connectivity index (χ0) is 21.5. The van der Waals surface area contributed by atoms with Crippen molar-refractivity contribution in [3.8, 4) is 0 Å². The second kappa shape index (κ2) is 10.1. The maximum absolute atomic E-state index is 13.4. The Balaban J connectivity index is 1.99. The zero-order valence-electron chi connectivity index (χ0n) is 17.1. The molecule has 0 saturated heterocycles. The summed E-state index contributed by atoms with van der Waals surface area (Å²) in [5, 5.41) is 25.1. The summed E-state index contributed by atoms with van der Waals surface area (Å²) >= 11 is 0. The van der Waals surface area contributed by atoms with Crippen molar-refractivity contribution in [2.75, 3.05) is 0 Å². The molecule has 2 unspecified atom stereocenters. The lowest BCUT2D eigenvalue weighted by molar-refractivity contribution is -0.137. The molecule has 1 heterocycles. The van der Waals surface area contributed by atoms with Crippen LogP contribution in [0.3, 0.4) is 0 Å². The third-order valence-corrected chi connectivity index (χ3v) is 4.97. The Bertz CT molecular complexity index is 956. The highest BCUT2D eigenvalue weighted by atomic mass is 19.1. The van der Waals surface area contributed by atoms with Gasteiger partial charge in [0.25, 0.3) is 0 Å². The highest BCUT2D eigenvalue weighted by molar-refractivity contribution is 5.68. The molecule has 0 fully saturated rings. The van der Waals surface area contributed by atoms with Gasteiger partial charge in [0, 0.05) is 12.6 Å². The standard InChI is InChI=1S/C22H26FN5O2/c1-3-4-13-28-22(25-26-27-28)21(17-7-5-15(2)6-8-17)24-19(14-20(29)30)16-9-11-18(23)12-10-16/h5-12,19,21,24H,3-4,13-14H2,1-2H3,(H,29,30). The molecule has 0 aliphatic heterocycles. The normalized spacial score (nSPS) is 13.2. The van der Waals surface area contributed by atoms with E-state index in [0.29, 0.717) is 17.9 Å². The van der Waals surface area contributed by atoms with Crippen LogP contribution in [0.15, 0.2) is 48.5 Å². The molecule has 0 radical (unpaired) electrons. The van der Waals surface area contributed by atoms with E-state index in [1.54, 1.807) is 16.8 Å². The minimum Gasteiger partial charge on any atom is -0.481 e. The van der Waals surface area contributed by atoms with Crippen molar-refractivity contribution in [3.05, 3.63) is 76.9 Å². The minimum absolute atomic E-state index is 0.162. The van der Waals surface area contributed by atoms with Gasteiger partial charge in [0.15, 0.2) is 5.82 Å². The number of aryl methyl sites for hydroxylation is 2. The van der Waals surface area contributed by atoms with Gasteiger partial charge < -0.3 is 5.11 Å². The molecule has 158 valence electrons. The number of halogens is 1. The van der Waals surface area contributed by atoms with Gasteiger partial charge in [-0.05, 0) is 47.0 Å². The van der Waals surface area contributed by atoms with Gasteiger partial charge in [-0.3, -0.25) is 10.1 Å². The average molecular weight is 411 g/mol. The summed E-state index contributed by atoms with van der Waals surface area (Å²) in [5.74, 6) is -0.707. The average Bonchev–Trinajstić information content (AvgIpc) is 3.19. The molecule has 7 nitrogen and oxygen atoms in total. The van der Waals surface area contributed by atoms with Gasteiger partial charge in [-0.1, -0.05) is 55.3 Å². The maximum atomic E-state index is 13.4. The molecule has 0 aliphatic rings.